The van der Waals surface area contributed by atoms with E-state index >= 15 is 0 Å². The van der Waals surface area contributed by atoms with Gasteiger partial charge in [0.05, 0.1) is 17.2 Å². The first-order valence-electron chi connectivity index (χ1n) is 7.18. The molecule has 23 heavy (non-hydrogen) atoms. The minimum atomic E-state index is -0.301. The summed E-state index contributed by atoms with van der Waals surface area (Å²) in [6.45, 7) is 2.08. The van der Waals surface area contributed by atoms with Crippen LogP contribution in [0.2, 0.25) is 0 Å². The molecule has 2 N–H and O–H groups in total. The van der Waals surface area contributed by atoms with Crippen LogP contribution in [-0.2, 0) is 6.42 Å². The molecular weight excluding hydrogens is 294 g/mol. The van der Waals surface area contributed by atoms with Crippen molar-refractivity contribution < 1.29 is 4.79 Å². The van der Waals surface area contributed by atoms with Crippen molar-refractivity contribution in [1.82, 2.24) is 25.3 Å². The fourth-order valence-corrected chi connectivity index (χ4v) is 2.23. The third kappa shape index (κ3) is 3.57. The maximum absolute atomic E-state index is 12.1. The van der Waals surface area contributed by atoms with Crippen LogP contribution in [0.1, 0.15) is 22.0 Å². The minimum absolute atomic E-state index is 0.195. The van der Waals surface area contributed by atoms with Gasteiger partial charge in [0.1, 0.15) is 11.5 Å². The molecule has 7 nitrogen and oxygen atoms in total. The summed E-state index contributed by atoms with van der Waals surface area (Å²) in [6, 6.07) is 8.79. The number of hydrogen-bond acceptors (Lipinski definition) is 5. The summed E-state index contributed by atoms with van der Waals surface area (Å²) < 4.78 is 0. The zero-order valence-electron chi connectivity index (χ0n) is 12.5. The Morgan fingerprint density at radius 2 is 2.00 bits per heavy atom. The number of amides is 1. The maximum Gasteiger partial charge on any atom is 0.271 e. The van der Waals surface area contributed by atoms with Crippen molar-refractivity contribution in [2.75, 3.05) is 6.54 Å². The molecule has 3 rings (SSSR count). The van der Waals surface area contributed by atoms with Gasteiger partial charge in [-0.3, -0.25) is 14.6 Å². The zero-order chi connectivity index (χ0) is 16.2. The lowest BCUT2D eigenvalue weighted by atomic mass is 10.2. The summed E-state index contributed by atoms with van der Waals surface area (Å²) in [5.41, 5.74) is 2.12. The van der Waals surface area contributed by atoms with E-state index in [0.717, 1.165) is 5.52 Å². The summed E-state index contributed by atoms with van der Waals surface area (Å²) in [6.07, 6.45) is 1.92. The standard InChI is InChI=1S/C16H15N5O2/c1-10-19-11(8-15(22)20-10)6-7-17-16(23)14-9-18-12-4-2-3-5-13(12)21-14/h2-5,8-9H,6-7H2,1H3,(H,17,23)(H,19,20,22). The van der Waals surface area contributed by atoms with E-state index in [4.69, 9.17) is 0 Å². The van der Waals surface area contributed by atoms with E-state index in [2.05, 4.69) is 25.3 Å². The second kappa shape index (κ2) is 6.35. The number of carbonyl (C=O) groups excluding carboxylic acids is 1. The van der Waals surface area contributed by atoms with Crippen molar-refractivity contribution in [1.29, 1.82) is 0 Å². The molecule has 1 amide bonds. The highest BCUT2D eigenvalue weighted by molar-refractivity contribution is 5.93. The van der Waals surface area contributed by atoms with E-state index in [1.165, 1.54) is 12.3 Å². The molecule has 0 aliphatic carbocycles. The first-order valence-corrected chi connectivity index (χ1v) is 7.18. The smallest absolute Gasteiger partial charge is 0.271 e. The Kier molecular flexibility index (Phi) is 4.09. The number of nitrogens with zero attached hydrogens (tertiary/aromatic N) is 3. The van der Waals surface area contributed by atoms with E-state index in [1.807, 2.05) is 24.3 Å². The largest absolute Gasteiger partial charge is 0.350 e. The quantitative estimate of drug-likeness (QED) is 0.748. The van der Waals surface area contributed by atoms with Crippen LogP contribution in [0.15, 0.2) is 41.3 Å². The van der Waals surface area contributed by atoms with Gasteiger partial charge in [0.15, 0.2) is 0 Å². The molecule has 7 heteroatoms. The molecule has 0 saturated carbocycles. The summed E-state index contributed by atoms with van der Waals surface area (Å²) in [5, 5.41) is 2.76. The van der Waals surface area contributed by atoms with Crippen molar-refractivity contribution >= 4 is 16.9 Å². The van der Waals surface area contributed by atoms with Crippen LogP contribution in [0.25, 0.3) is 11.0 Å². The van der Waals surface area contributed by atoms with Crippen LogP contribution in [0.4, 0.5) is 0 Å². The molecule has 0 fully saturated rings. The van der Waals surface area contributed by atoms with Crippen LogP contribution in [0.3, 0.4) is 0 Å². The molecular formula is C16H15N5O2. The predicted molar refractivity (Wildman–Crippen MR) is 85.2 cm³/mol. The number of carbonyl (C=O) groups is 1. The van der Waals surface area contributed by atoms with Gasteiger partial charge in [0.2, 0.25) is 0 Å². The summed E-state index contributed by atoms with van der Waals surface area (Å²) in [7, 11) is 0. The molecule has 116 valence electrons. The molecule has 3 aromatic rings. The summed E-state index contributed by atoms with van der Waals surface area (Å²) in [5.74, 6) is 0.254. The number of rotatable bonds is 4. The van der Waals surface area contributed by atoms with Gasteiger partial charge in [0.25, 0.3) is 11.5 Å². The number of nitrogens with one attached hydrogen (secondary N) is 2. The number of hydrogen-bond donors (Lipinski definition) is 2. The Labute approximate surface area is 131 Å². The predicted octanol–water partition coefficient (Wildman–Crippen LogP) is 0.994. The van der Waals surface area contributed by atoms with E-state index in [1.54, 1.807) is 6.92 Å². The van der Waals surface area contributed by atoms with Gasteiger partial charge in [-0.25, -0.2) is 9.97 Å². The van der Waals surface area contributed by atoms with Crippen molar-refractivity contribution in [3.05, 3.63) is 64.1 Å². The lowest BCUT2D eigenvalue weighted by Gasteiger charge is -2.05. The van der Waals surface area contributed by atoms with E-state index in [-0.39, 0.29) is 17.2 Å². The van der Waals surface area contributed by atoms with Crippen LogP contribution >= 0.6 is 0 Å². The normalized spacial score (nSPS) is 10.7. The number of para-hydroxylation sites is 2. The van der Waals surface area contributed by atoms with Gasteiger partial charge in [-0.1, -0.05) is 12.1 Å². The van der Waals surface area contributed by atoms with Crippen molar-refractivity contribution in [2.45, 2.75) is 13.3 Å². The van der Waals surface area contributed by atoms with E-state index < -0.39 is 0 Å². The molecule has 0 radical (unpaired) electrons. The van der Waals surface area contributed by atoms with E-state index in [9.17, 15) is 9.59 Å². The van der Waals surface area contributed by atoms with Crippen LogP contribution in [0.5, 0.6) is 0 Å². The van der Waals surface area contributed by atoms with Gasteiger partial charge >= 0.3 is 0 Å². The molecule has 0 aliphatic rings. The van der Waals surface area contributed by atoms with Crippen molar-refractivity contribution in [2.24, 2.45) is 0 Å². The van der Waals surface area contributed by atoms with Crippen molar-refractivity contribution in [3.63, 3.8) is 0 Å². The Balaban J connectivity index is 1.65. The Morgan fingerprint density at radius 3 is 2.78 bits per heavy atom. The highest BCUT2D eigenvalue weighted by Crippen LogP contribution is 2.08. The molecule has 0 saturated heterocycles. The molecule has 0 bridgehead atoms. The van der Waals surface area contributed by atoms with Crippen LogP contribution < -0.4 is 10.9 Å². The molecule has 1 aromatic carbocycles. The van der Waals surface area contributed by atoms with Gasteiger partial charge in [-0.05, 0) is 19.1 Å². The van der Waals surface area contributed by atoms with Crippen molar-refractivity contribution in [3.8, 4) is 0 Å². The SMILES string of the molecule is Cc1nc(CCNC(=O)c2cnc3ccccc3n2)cc(=O)[nH]1. The average molecular weight is 309 g/mol. The summed E-state index contributed by atoms with van der Waals surface area (Å²) in [4.78, 5) is 38.7. The maximum atomic E-state index is 12.1. The van der Waals surface area contributed by atoms with Crippen LogP contribution in [-0.4, -0.2) is 32.4 Å². The third-order valence-corrected chi connectivity index (χ3v) is 3.26. The monoisotopic (exact) mass is 309 g/mol. The number of H-pyrrole nitrogens is 1. The second-order valence-corrected chi connectivity index (χ2v) is 5.07. The van der Waals surface area contributed by atoms with Crippen LogP contribution in [0, 0.1) is 6.92 Å². The Morgan fingerprint density at radius 1 is 1.22 bits per heavy atom. The number of aromatic amines is 1. The third-order valence-electron chi connectivity index (χ3n) is 3.26. The lowest BCUT2D eigenvalue weighted by Crippen LogP contribution is -2.27. The zero-order valence-corrected chi connectivity index (χ0v) is 12.5. The Bertz CT molecular complexity index is 919. The molecule has 2 aromatic heterocycles. The highest BCUT2D eigenvalue weighted by Gasteiger charge is 2.09. The molecule has 0 aliphatic heterocycles. The molecule has 0 spiro atoms. The number of fused-ring (bicyclic) bond motifs is 1. The highest BCUT2D eigenvalue weighted by atomic mass is 16.2. The lowest BCUT2D eigenvalue weighted by molar-refractivity contribution is 0.0949. The first kappa shape index (κ1) is 14.8. The molecule has 2 heterocycles. The molecule has 0 unspecified atom stereocenters. The minimum Gasteiger partial charge on any atom is -0.350 e. The second-order valence-electron chi connectivity index (χ2n) is 5.07. The number of aromatic nitrogens is 4. The van der Waals surface area contributed by atoms with Gasteiger partial charge < -0.3 is 10.3 Å². The number of benzene rings is 1. The first-order chi connectivity index (χ1) is 11.1. The number of aryl methyl sites for hydroxylation is 1. The van der Waals surface area contributed by atoms with Gasteiger partial charge in [-0.15, -0.1) is 0 Å². The fraction of sp³-hybridized carbons (Fsp3) is 0.188. The fourth-order valence-electron chi connectivity index (χ4n) is 2.23. The average Bonchev–Trinajstić information content (AvgIpc) is 2.53. The summed E-state index contributed by atoms with van der Waals surface area (Å²) >= 11 is 0. The topological polar surface area (TPSA) is 101 Å². The van der Waals surface area contributed by atoms with Gasteiger partial charge in [-0.2, -0.15) is 0 Å². The van der Waals surface area contributed by atoms with E-state index in [0.29, 0.717) is 30.0 Å². The molecule has 0 atom stereocenters. The Hall–Kier alpha value is -3.09. The van der Waals surface area contributed by atoms with Gasteiger partial charge in [0, 0.05) is 24.7 Å².